The highest BCUT2D eigenvalue weighted by Crippen LogP contribution is 2.26. The molecule has 0 spiro atoms. The third kappa shape index (κ3) is 0.923. The van der Waals surface area contributed by atoms with Crippen LogP contribution in [0.1, 0.15) is 0 Å². The van der Waals surface area contributed by atoms with Crippen LogP contribution in [0.3, 0.4) is 0 Å². The first-order valence-corrected chi connectivity index (χ1v) is 4.28. The van der Waals surface area contributed by atoms with Gasteiger partial charge < -0.3 is 4.42 Å². The molecule has 0 unspecified atom stereocenters. The molecular formula is C11H6FNO. The van der Waals surface area contributed by atoms with Crippen LogP contribution in [0.4, 0.5) is 4.39 Å². The molecule has 3 rings (SSSR count). The maximum absolute atomic E-state index is 12.9. The molecule has 0 amide bonds. The summed E-state index contributed by atoms with van der Waals surface area (Å²) < 4.78 is 18.4. The van der Waals surface area contributed by atoms with E-state index in [9.17, 15) is 4.39 Å². The Labute approximate surface area is 79.0 Å². The summed E-state index contributed by atoms with van der Waals surface area (Å²) in [6, 6.07) is 10.4. The first-order chi connectivity index (χ1) is 6.84. The average molecular weight is 187 g/mol. The number of hydrogen-bond donors (Lipinski definition) is 0. The molecule has 0 N–H and O–H groups in total. The monoisotopic (exact) mass is 187 g/mol. The zero-order valence-corrected chi connectivity index (χ0v) is 7.20. The van der Waals surface area contributed by atoms with E-state index in [2.05, 4.69) is 4.98 Å². The van der Waals surface area contributed by atoms with Gasteiger partial charge in [-0.2, -0.15) is 4.39 Å². The van der Waals surface area contributed by atoms with Gasteiger partial charge in [-0.05, 0) is 24.3 Å². The van der Waals surface area contributed by atoms with Crippen molar-refractivity contribution in [1.82, 2.24) is 4.98 Å². The Kier molecular flexibility index (Phi) is 1.36. The van der Waals surface area contributed by atoms with E-state index in [0.29, 0.717) is 11.1 Å². The predicted octanol–water partition coefficient (Wildman–Crippen LogP) is 3.12. The van der Waals surface area contributed by atoms with E-state index in [0.717, 1.165) is 11.0 Å². The second-order valence-corrected chi connectivity index (χ2v) is 3.08. The van der Waals surface area contributed by atoms with Crippen molar-refractivity contribution in [1.29, 1.82) is 0 Å². The average Bonchev–Trinajstić information content (AvgIpc) is 2.56. The predicted molar refractivity (Wildman–Crippen MR) is 51.5 cm³/mol. The van der Waals surface area contributed by atoms with Gasteiger partial charge >= 0.3 is 0 Å². The fourth-order valence-electron chi connectivity index (χ4n) is 1.57. The lowest BCUT2D eigenvalue weighted by Crippen LogP contribution is -1.79. The van der Waals surface area contributed by atoms with E-state index in [4.69, 9.17) is 4.42 Å². The first-order valence-electron chi connectivity index (χ1n) is 4.28. The van der Waals surface area contributed by atoms with Crippen LogP contribution < -0.4 is 0 Å². The standard InChI is InChI=1S/C11H6FNO/c12-10-6-5-9-11(13-10)7-3-1-2-4-8(7)14-9/h1-6H. The minimum atomic E-state index is -0.482. The molecule has 2 nitrogen and oxygen atoms in total. The summed E-state index contributed by atoms with van der Waals surface area (Å²) in [5, 5.41) is 0.849. The topological polar surface area (TPSA) is 26.0 Å². The zero-order chi connectivity index (χ0) is 9.54. The van der Waals surface area contributed by atoms with E-state index >= 15 is 0 Å². The van der Waals surface area contributed by atoms with Crippen LogP contribution in [0, 0.1) is 5.95 Å². The summed E-state index contributed by atoms with van der Waals surface area (Å²) in [4.78, 5) is 3.80. The highest BCUT2D eigenvalue weighted by Gasteiger charge is 2.07. The highest BCUT2D eigenvalue weighted by molar-refractivity contribution is 6.01. The number of hydrogen-bond acceptors (Lipinski definition) is 2. The molecule has 2 aromatic heterocycles. The largest absolute Gasteiger partial charge is 0.454 e. The minimum Gasteiger partial charge on any atom is -0.454 e. The normalized spacial score (nSPS) is 11.2. The quantitative estimate of drug-likeness (QED) is 0.505. The van der Waals surface area contributed by atoms with Gasteiger partial charge in [0, 0.05) is 5.39 Å². The number of benzene rings is 1. The van der Waals surface area contributed by atoms with Crippen LogP contribution in [0.25, 0.3) is 22.1 Å². The first kappa shape index (κ1) is 7.50. The summed E-state index contributed by atoms with van der Waals surface area (Å²) >= 11 is 0. The molecule has 68 valence electrons. The number of aromatic nitrogens is 1. The van der Waals surface area contributed by atoms with Crippen LogP contribution in [-0.2, 0) is 0 Å². The molecule has 2 heterocycles. The summed E-state index contributed by atoms with van der Waals surface area (Å²) in [6.45, 7) is 0. The number of nitrogens with zero attached hydrogens (tertiary/aromatic N) is 1. The SMILES string of the molecule is Fc1ccc2oc3ccccc3c2n1. The molecule has 0 fully saturated rings. The number of pyridine rings is 1. The van der Waals surface area contributed by atoms with Crippen LogP contribution in [-0.4, -0.2) is 4.98 Å². The molecule has 0 saturated heterocycles. The number of para-hydroxylation sites is 1. The molecule has 3 heteroatoms. The van der Waals surface area contributed by atoms with E-state index in [-0.39, 0.29) is 0 Å². The number of rotatable bonds is 0. The lowest BCUT2D eigenvalue weighted by atomic mass is 10.2. The fourth-order valence-corrected chi connectivity index (χ4v) is 1.57. The van der Waals surface area contributed by atoms with E-state index in [1.54, 1.807) is 6.07 Å². The highest BCUT2D eigenvalue weighted by atomic mass is 19.1. The Hall–Kier alpha value is -1.90. The maximum atomic E-state index is 12.9. The van der Waals surface area contributed by atoms with Gasteiger partial charge in [-0.25, -0.2) is 4.98 Å². The van der Waals surface area contributed by atoms with Crippen molar-refractivity contribution in [2.45, 2.75) is 0 Å². The lowest BCUT2D eigenvalue weighted by molar-refractivity contribution is 0.586. The Bertz CT molecular complexity index is 615. The number of fused-ring (bicyclic) bond motifs is 3. The van der Waals surface area contributed by atoms with Crippen molar-refractivity contribution >= 4 is 22.1 Å². The molecule has 0 aliphatic rings. The molecule has 1 aromatic carbocycles. The molecule has 0 aliphatic heterocycles. The summed E-state index contributed by atoms with van der Waals surface area (Å²) in [6.07, 6.45) is 0. The lowest BCUT2D eigenvalue weighted by Gasteiger charge is -1.87. The molecule has 0 saturated carbocycles. The smallest absolute Gasteiger partial charge is 0.213 e. The van der Waals surface area contributed by atoms with Gasteiger partial charge in [-0.15, -0.1) is 0 Å². The van der Waals surface area contributed by atoms with Crippen molar-refractivity contribution in [2.24, 2.45) is 0 Å². The van der Waals surface area contributed by atoms with Crippen molar-refractivity contribution in [2.75, 3.05) is 0 Å². The summed E-state index contributed by atoms with van der Waals surface area (Å²) in [7, 11) is 0. The second-order valence-electron chi connectivity index (χ2n) is 3.08. The van der Waals surface area contributed by atoms with Gasteiger partial charge in [-0.3, -0.25) is 0 Å². The van der Waals surface area contributed by atoms with Gasteiger partial charge in [0.15, 0.2) is 5.58 Å². The maximum Gasteiger partial charge on any atom is 0.213 e. The molecule has 0 bridgehead atoms. The van der Waals surface area contributed by atoms with Crippen LogP contribution in [0.5, 0.6) is 0 Å². The molecular weight excluding hydrogens is 181 g/mol. The molecule has 14 heavy (non-hydrogen) atoms. The molecule has 0 aliphatic carbocycles. The van der Waals surface area contributed by atoms with Gasteiger partial charge in [0.1, 0.15) is 11.1 Å². The van der Waals surface area contributed by atoms with Crippen molar-refractivity contribution in [3.8, 4) is 0 Å². The van der Waals surface area contributed by atoms with Gasteiger partial charge in [0.2, 0.25) is 5.95 Å². The third-order valence-corrected chi connectivity index (χ3v) is 2.19. The molecule has 0 radical (unpaired) electrons. The van der Waals surface area contributed by atoms with Crippen LogP contribution >= 0.6 is 0 Å². The van der Waals surface area contributed by atoms with E-state index < -0.39 is 5.95 Å². The Morgan fingerprint density at radius 3 is 2.79 bits per heavy atom. The van der Waals surface area contributed by atoms with Gasteiger partial charge in [-0.1, -0.05) is 12.1 Å². The fraction of sp³-hybridized carbons (Fsp3) is 0. The third-order valence-electron chi connectivity index (χ3n) is 2.19. The van der Waals surface area contributed by atoms with Crippen molar-refractivity contribution < 1.29 is 8.81 Å². The van der Waals surface area contributed by atoms with Crippen molar-refractivity contribution in [3.05, 3.63) is 42.3 Å². The molecule has 0 atom stereocenters. The Balaban J connectivity index is 2.58. The Morgan fingerprint density at radius 1 is 1.00 bits per heavy atom. The van der Waals surface area contributed by atoms with Gasteiger partial charge in [0.05, 0.1) is 0 Å². The van der Waals surface area contributed by atoms with Crippen LogP contribution in [0.2, 0.25) is 0 Å². The van der Waals surface area contributed by atoms with Gasteiger partial charge in [0.25, 0.3) is 0 Å². The van der Waals surface area contributed by atoms with Crippen molar-refractivity contribution in [3.63, 3.8) is 0 Å². The minimum absolute atomic E-state index is 0.482. The van der Waals surface area contributed by atoms with E-state index in [1.165, 1.54) is 6.07 Å². The van der Waals surface area contributed by atoms with E-state index in [1.807, 2.05) is 24.3 Å². The molecule has 3 aromatic rings. The second kappa shape index (κ2) is 2.54. The Morgan fingerprint density at radius 2 is 1.86 bits per heavy atom. The zero-order valence-electron chi connectivity index (χ0n) is 7.20. The number of halogens is 1. The summed E-state index contributed by atoms with van der Waals surface area (Å²) in [5.41, 5.74) is 1.94. The number of furan rings is 1. The van der Waals surface area contributed by atoms with Crippen LogP contribution in [0.15, 0.2) is 40.8 Å². The summed E-state index contributed by atoms with van der Waals surface area (Å²) in [5.74, 6) is -0.482.